The lowest BCUT2D eigenvalue weighted by Crippen LogP contribution is -2.64. The molecular weight excluding hydrogens is 512 g/mol. The van der Waals surface area contributed by atoms with Crippen molar-refractivity contribution in [1.82, 2.24) is 4.90 Å². The molecule has 4 heteroatoms. The van der Waals surface area contributed by atoms with E-state index in [1.807, 2.05) is 0 Å². The maximum atomic E-state index is 13.6. The second-order valence-electron chi connectivity index (χ2n) is 9.92. The highest BCUT2D eigenvalue weighted by Gasteiger charge is 2.51. The third-order valence-electron chi connectivity index (χ3n) is 5.62. The lowest BCUT2D eigenvalue weighted by molar-refractivity contribution is -0.158. The van der Waals surface area contributed by atoms with Crippen molar-refractivity contribution in [1.29, 1.82) is 0 Å². The molecule has 2 nitrogen and oxygen atoms in total. The normalized spacial score (nSPS) is 23.4. The summed E-state index contributed by atoms with van der Waals surface area (Å²) in [5.74, 6) is 0.321. The van der Waals surface area contributed by atoms with Crippen LogP contribution in [0.5, 0.6) is 0 Å². The summed E-state index contributed by atoms with van der Waals surface area (Å²) in [4.78, 5) is 15.9. The molecule has 0 aromatic rings. The fraction of sp³-hybridized carbons (Fsp3) is 0.947. The van der Waals surface area contributed by atoms with Crippen LogP contribution in [0.4, 0.5) is 0 Å². The van der Waals surface area contributed by atoms with E-state index in [1.165, 1.54) is 6.42 Å². The van der Waals surface area contributed by atoms with E-state index in [0.717, 1.165) is 12.8 Å². The second-order valence-corrected chi connectivity index (χ2v) is 14.4. The summed E-state index contributed by atoms with van der Waals surface area (Å²) < 4.78 is 0.764. The Kier molecular flexibility index (Phi) is 6.61. The Hall–Kier alpha value is 0.930. The summed E-state index contributed by atoms with van der Waals surface area (Å²) in [6, 6.07) is 0.387. The molecule has 0 saturated heterocycles. The Labute approximate surface area is 171 Å². The highest BCUT2D eigenvalue weighted by Crippen LogP contribution is 2.46. The first kappa shape index (κ1) is 22.0. The lowest BCUT2D eigenvalue weighted by atomic mass is 9.67. The van der Waals surface area contributed by atoms with Gasteiger partial charge in [0.25, 0.3) is 0 Å². The summed E-state index contributed by atoms with van der Waals surface area (Å²) >= 11 is 5.05. The summed E-state index contributed by atoms with van der Waals surface area (Å²) in [6.07, 6.45) is 3.38. The van der Waals surface area contributed by atoms with Gasteiger partial charge >= 0.3 is 0 Å². The van der Waals surface area contributed by atoms with E-state index in [9.17, 15) is 4.79 Å². The Morgan fingerprint density at radius 2 is 1.48 bits per heavy atom. The molecule has 1 fully saturated rings. The van der Waals surface area contributed by atoms with E-state index >= 15 is 0 Å². The number of carbonyl (C=O) groups excluding carboxylic acids is 1. The molecule has 136 valence electrons. The van der Waals surface area contributed by atoms with Gasteiger partial charge in [-0.3, -0.25) is 4.79 Å². The second kappa shape index (κ2) is 6.92. The zero-order valence-electron chi connectivity index (χ0n) is 16.4. The maximum Gasteiger partial charge on any atom is 0.229 e. The zero-order valence-corrected chi connectivity index (χ0v) is 20.7. The van der Waals surface area contributed by atoms with Gasteiger partial charge in [0.15, 0.2) is 0 Å². The van der Waals surface area contributed by atoms with E-state index in [-0.39, 0.29) is 19.8 Å². The molecule has 1 rings (SSSR count). The van der Waals surface area contributed by atoms with E-state index in [2.05, 4.69) is 112 Å². The highest BCUT2D eigenvalue weighted by atomic mass is 127. The summed E-state index contributed by atoms with van der Waals surface area (Å²) in [5, 5.41) is 0. The zero-order chi connectivity index (χ0) is 18.4. The Bertz CT molecular complexity index is 443. The summed E-state index contributed by atoms with van der Waals surface area (Å²) in [5.41, 5.74) is -0.548. The fourth-order valence-electron chi connectivity index (χ4n) is 3.34. The number of rotatable bonds is 5. The number of nitrogens with zero attached hydrogens (tertiary/aromatic N) is 1. The van der Waals surface area contributed by atoms with Gasteiger partial charge in [-0.25, -0.2) is 0 Å². The van der Waals surface area contributed by atoms with Crippen LogP contribution in [0.15, 0.2) is 0 Å². The predicted octanol–water partition coefficient (Wildman–Crippen LogP) is 6.24. The van der Waals surface area contributed by atoms with Crippen LogP contribution in [0.25, 0.3) is 0 Å². The minimum absolute atomic E-state index is 0.0528. The quantitative estimate of drug-likeness (QED) is 0.295. The fourth-order valence-corrected chi connectivity index (χ4v) is 5.32. The van der Waals surface area contributed by atoms with Crippen molar-refractivity contribution in [3.8, 4) is 0 Å². The molecule has 1 aliphatic carbocycles. The minimum atomic E-state index is -0.369. The maximum absolute atomic E-state index is 13.6. The molecule has 1 saturated carbocycles. The topological polar surface area (TPSA) is 20.3 Å². The van der Waals surface area contributed by atoms with Gasteiger partial charge in [0.1, 0.15) is 0 Å². The van der Waals surface area contributed by atoms with E-state index in [4.69, 9.17) is 0 Å². The number of hydrogen-bond acceptors (Lipinski definition) is 1. The Morgan fingerprint density at radius 1 is 1.00 bits per heavy atom. The van der Waals surface area contributed by atoms with Gasteiger partial charge in [0, 0.05) is 24.3 Å². The van der Waals surface area contributed by atoms with Crippen molar-refractivity contribution in [2.24, 2.45) is 10.8 Å². The van der Waals surface area contributed by atoms with Crippen LogP contribution in [0.2, 0.25) is 0 Å². The molecule has 0 bridgehead atoms. The van der Waals surface area contributed by atoms with Crippen molar-refractivity contribution in [3.05, 3.63) is 0 Å². The Morgan fingerprint density at radius 3 is 1.74 bits per heavy atom. The van der Waals surface area contributed by atoms with E-state index < -0.39 is 0 Å². The van der Waals surface area contributed by atoms with Crippen molar-refractivity contribution >= 4 is 51.1 Å². The van der Waals surface area contributed by atoms with E-state index in [1.54, 1.807) is 0 Å². The molecule has 0 aromatic heterocycles. The van der Waals surface area contributed by atoms with Crippen LogP contribution in [-0.2, 0) is 4.79 Å². The highest BCUT2D eigenvalue weighted by molar-refractivity contribution is 14.1. The van der Waals surface area contributed by atoms with Crippen LogP contribution in [0, 0.1) is 10.8 Å². The third kappa shape index (κ3) is 4.98. The molecule has 1 amide bonds. The smallest absolute Gasteiger partial charge is 0.229 e. The molecule has 0 spiro atoms. The van der Waals surface area contributed by atoms with Crippen LogP contribution in [-0.4, -0.2) is 29.7 Å². The molecule has 0 aliphatic heterocycles. The summed E-state index contributed by atoms with van der Waals surface area (Å²) in [7, 11) is 0. The summed E-state index contributed by atoms with van der Waals surface area (Å²) in [6.45, 7) is 19.8. The molecule has 1 aliphatic rings. The van der Waals surface area contributed by atoms with Gasteiger partial charge < -0.3 is 4.90 Å². The van der Waals surface area contributed by atoms with Crippen LogP contribution in [0.3, 0.4) is 0 Å². The predicted molar refractivity (Wildman–Crippen MR) is 118 cm³/mol. The minimum Gasteiger partial charge on any atom is -0.333 e. The van der Waals surface area contributed by atoms with Crippen LogP contribution in [0.1, 0.15) is 81.6 Å². The van der Waals surface area contributed by atoms with Gasteiger partial charge in [-0.15, -0.1) is 0 Å². The number of carbonyl (C=O) groups is 1. The van der Waals surface area contributed by atoms with Gasteiger partial charge in [0.2, 0.25) is 5.91 Å². The Balaban J connectivity index is 3.24. The lowest BCUT2D eigenvalue weighted by Gasteiger charge is -2.55. The van der Waals surface area contributed by atoms with E-state index in [0.29, 0.717) is 15.9 Å². The van der Waals surface area contributed by atoms with Crippen molar-refractivity contribution in [3.63, 3.8) is 0 Å². The average Bonchev–Trinajstić information content (AvgIpc) is 2.28. The molecule has 2 atom stereocenters. The number of halogens is 2. The number of alkyl halides is 2. The van der Waals surface area contributed by atoms with Crippen molar-refractivity contribution < 1.29 is 4.79 Å². The molecule has 0 radical (unpaired) electrons. The SMILES string of the molecule is CC(C)(I)CC(C)(C)N(C(=O)C(C)(C)C(C)(C)C)C1CCC1I. The van der Waals surface area contributed by atoms with Crippen LogP contribution >= 0.6 is 45.2 Å². The van der Waals surface area contributed by atoms with Gasteiger partial charge in [-0.1, -0.05) is 93.6 Å². The van der Waals surface area contributed by atoms with Gasteiger partial charge in [-0.2, -0.15) is 0 Å². The number of amides is 1. The third-order valence-corrected chi connectivity index (χ3v) is 7.46. The molecular formula is C19H35I2NO. The van der Waals surface area contributed by atoms with Gasteiger partial charge in [0.05, 0.1) is 0 Å². The molecule has 0 aromatic carbocycles. The van der Waals surface area contributed by atoms with Crippen molar-refractivity contribution in [2.45, 2.75) is 101 Å². The molecule has 2 unspecified atom stereocenters. The molecule has 23 heavy (non-hydrogen) atoms. The first-order valence-electron chi connectivity index (χ1n) is 8.67. The van der Waals surface area contributed by atoms with Crippen molar-refractivity contribution in [2.75, 3.05) is 0 Å². The largest absolute Gasteiger partial charge is 0.333 e. The molecule has 0 heterocycles. The monoisotopic (exact) mass is 547 g/mol. The first-order valence-corrected chi connectivity index (χ1v) is 11.0. The standard InChI is InChI=1S/C19H35I2NO/c1-16(2,3)19(8,9)15(23)22(14-11-10-13(14)20)18(6,7)12-17(4,5)21/h13-14H,10-12H2,1-9H3. The number of hydrogen-bond donors (Lipinski definition) is 0. The first-order chi connectivity index (χ1) is 10.0. The average molecular weight is 547 g/mol. The van der Waals surface area contributed by atoms with Gasteiger partial charge in [-0.05, 0) is 38.5 Å². The van der Waals surface area contributed by atoms with Crippen LogP contribution < -0.4 is 0 Å². The molecule has 0 N–H and O–H groups in total.